The molecule has 1 saturated heterocycles. The number of primary amides is 1. The number of benzene rings is 1. The molecule has 6 rings (SSSR count). The predicted molar refractivity (Wildman–Crippen MR) is 115 cm³/mol. The van der Waals surface area contributed by atoms with Crippen molar-refractivity contribution >= 4 is 23.5 Å². The number of carbonyl (C=O) groups excluding carboxylic acids is 3. The minimum atomic E-state index is -0.784. The van der Waals surface area contributed by atoms with Crippen LogP contribution in [0.2, 0.25) is 0 Å². The van der Waals surface area contributed by atoms with Crippen LogP contribution in [-0.2, 0) is 20.9 Å². The second-order valence-corrected chi connectivity index (χ2v) is 9.69. The van der Waals surface area contributed by atoms with Gasteiger partial charge in [0.05, 0.1) is 5.41 Å². The number of halogens is 1. The first-order valence-electron chi connectivity index (χ1n) is 10.7. The minimum absolute atomic E-state index is 0.134. The molecule has 1 aromatic carbocycles. The van der Waals surface area contributed by atoms with Crippen molar-refractivity contribution in [2.75, 3.05) is 11.4 Å². The molecule has 3 saturated carbocycles. The molecule has 2 heterocycles. The van der Waals surface area contributed by atoms with Crippen LogP contribution in [0.4, 0.5) is 10.2 Å². The molecule has 8 heteroatoms. The van der Waals surface area contributed by atoms with Crippen molar-refractivity contribution in [3.63, 3.8) is 0 Å². The predicted octanol–water partition coefficient (Wildman–Crippen LogP) is 2.24. The first-order valence-corrected chi connectivity index (χ1v) is 10.7. The minimum Gasteiger partial charge on any atom is -0.369 e. The standard InChI is InChI=1S/C24H25FN4O3/c1-14-3-5-16(6-4-14)9-28-18(30)10-29(20-17(25)7-15(2)8-27-20)21(31)19(28)23-11-24(12-23,13-23)22(26)32/h3-8,19H,9-13H2,1-2H3,(H2,26,32)/t19-,23?,24?/m1/s1. The average molecular weight is 436 g/mol. The molecule has 7 nitrogen and oxygen atoms in total. The van der Waals surface area contributed by atoms with E-state index in [1.54, 1.807) is 11.8 Å². The number of nitrogens with zero attached hydrogens (tertiary/aromatic N) is 3. The zero-order valence-corrected chi connectivity index (χ0v) is 18.1. The summed E-state index contributed by atoms with van der Waals surface area (Å²) in [6.07, 6.45) is 2.90. The van der Waals surface area contributed by atoms with Crippen LogP contribution < -0.4 is 10.6 Å². The molecule has 1 atom stereocenters. The summed E-state index contributed by atoms with van der Waals surface area (Å²) in [4.78, 5) is 45.7. The second kappa shape index (κ2) is 6.85. The first kappa shape index (κ1) is 20.6. The van der Waals surface area contributed by atoms with E-state index in [2.05, 4.69) is 4.98 Å². The van der Waals surface area contributed by atoms with Gasteiger partial charge in [-0.2, -0.15) is 0 Å². The summed E-state index contributed by atoms with van der Waals surface area (Å²) in [7, 11) is 0. The van der Waals surface area contributed by atoms with E-state index in [0.29, 0.717) is 24.8 Å². The molecule has 166 valence electrons. The second-order valence-electron chi connectivity index (χ2n) is 9.69. The topological polar surface area (TPSA) is 96.6 Å². The monoisotopic (exact) mass is 436 g/mol. The molecule has 2 aromatic rings. The van der Waals surface area contributed by atoms with E-state index in [0.717, 1.165) is 16.0 Å². The summed E-state index contributed by atoms with van der Waals surface area (Å²) in [5.41, 5.74) is 7.12. The molecule has 2 N–H and O–H groups in total. The lowest BCUT2D eigenvalue weighted by Crippen LogP contribution is -2.78. The summed E-state index contributed by atoms with van der Waals surface area (Å²) < 4.78 is 14.7. The maximum absolute atomic E-state index is 14.7. The fourth-order valence-electron chi connectivity index (χ4n) is 5.71. The van der Waals surface area contributed by atoms with Gasteiger partial charge < -0.3 is 10.6 Å². The van der Waals surface area contributed by atoms with E-state index in [1.165, 1.54) is 12.3 Å². The van der Waals surface area contributed by atoms with Gasteiger partial charge in [0.1, 0.15) is 12.6 Å². The van der Waals surface area contributed by atoms with Gasteiger partial charge >= 0.3 is 0 Å². The van der Waals surface area contributed by atoms with E-state index in [9.17, 15) is 18.8 Å². The molecule has 2 bridgehead atoms. The SMILES string of the molecule is Cc1ccc(CN2C(=O)CN(c3ncc(C)cc3F)C(=O)[C@@H]2C23CC(C(N)=O)(C2)C3)cc1. The van der Waals surface area contributed by atoms with Crippen molar-refractivity contribution in [2.24, 2.45) is 16.6 Å². The molecule has 0 unspecified atom stereocenters. The number of amides is 3. The lowest BCUT2D eigenvalue weighted by atomic mass is 9.32. The van der Waals surface area contributed by atoms with Gasteiger partial charge in [-0.3, -0.25) is 19.3 Å². The highest BCUT2D eigenvalue weighted by Gasteiger charge is 2.76. The average Bonchev–Trinajstić information content (AvgIpc) is 2.66. The maximum atomic E-state index is 14.7. The van der Waals surface area contributed by atoms with Crippen LogP contribution in [-0.4, -0.2) is 40.2 Å². The van der Waals surface area contributed by atoms with Gasteiger partial charge in [0.15, 0.2) is 11.6 Å². The van der Waals surface area contributed by atoms with Crippen molar-refractivity contribution < 1.29 is 18.8 Å². The Labute approximate surface area is 185 Å². The third-order valence-corrected chi connectivity index (χ3v) is 7.29. The zero-order chi connectivity index (χ0) is 22.8. The number of nitrogens with two attached hydrogens (primary N) is 1. The zero-order valence-electron chi connectivity index (χ0n) is 18.1. The Balaban J connectivity index is 1.50. The number of aryl methyl sites for hydroxylation is 2. The Morgan fingerprint density at radius 3 is 2.41 bits per heavy atom. The lowest BCUT2D eigenvalue weighted by molar-refractivity contribution is -0.231. The lowest BCUT2D eigenvalue weighted by Gasteiger charge is -2.72. The van der Waals surface area contributed by atoms with Crippen LogP contribution in [0, 0.1) is 30.5 Å². The van der Waals surface area contributed by atoms with Crippen molar-refractivity contribution in [3.05, 3.63) is 59.0 Å². The van der Waals surface area contributed by atoms with E-state index in [4.69, 9.17) is 5.73 Å². The Morgan fingerprint density at radius 1 is 1.16 bits per heavy atom. The normalized spacial score (nSPS) is 28.9. The molecule has 3 aliphatic carbocycles. The number of aromatic nitrogens is 1. The van der Waals surface area contributed by atoms with Crippen LogP contribution in [0.15, 0.2) is 36.5 Å². The van der Waals surface area contributed by atoms with Gasteiger partial charge in [0, 0.05) is 18.2 Å². The Morgan fingerprint density at radius 2 is 1.81 bits per heavy atom. The smallest absolute Gasteiger partial charge is 0.252 e. The number of hydrogen-bond acceptors (Lipinski definition) is 4. The number of pyridine rings is 1. The molecular weight excluding hydrogens is 411 g/mol. The van der Waals surface area contributed by atoms with Gasteiger partial charge in [-0.05, 0) is 50.3 Å². The first-order chi connectivity index (χ1) is 15.1. The van der Waals surface area contributed by atoms with Gasteiger partial charge in [0.25, 0.3) is 5.91 Å². The molecule has 4 aliphatic rings. The van der Waals surface area contributed by atoms with Gasteiger partial charge in [0.2, 0.25) is 11.8 Å². The molecule has 0 radical (unpaired) electrons. The summed E-state index contributed by atoms with van der Waals surface area (Å²) in [5.74, 6) is -1.75. The summed E-state index contributed by atoms with van der Waals surface area (Å²) in [5, 5.41) is 0. The van der Waals surface area contributed by atoms with Crippen LogP contribution in [0.5, 0.6) is 0 Å². The van der Waals surface area contributed by atoms with Crippen LogP contribution in [0.3, 0.4) is 0 Å². The Kier molecular flexibility index (Phi) is 4.41. The third kappa shape index (κ3) is 2.92. The highest BCUT2D eigenvalue weighted by atomic mass is 19.1. The molecule has 32 heavy (non-hydrogen) atoms. The molecule has 3 amide bonds. The van der Waals surface area contributed by atoms with Crippen LogP contribution in [0.1, 0.15) is 36.0 Å². The van der Waals surface area contributed by atoms with E-state index < -0.39 is 22.7 Å². The highest BCUT2D eigenvalue weighted by molar-refractivity contribution is 6.07. The summed E-state index contributed by atoms with van der Waals surface area (Å²) in [6.45, 7) is 3.69. The molecule has 0 spiro atoms. The van der Waals surface area contributed by atoms with Crippen molar-refractivity contribution in [3.8, 4) is 0 Å². The number of carbonyl (C=O) groups is 3. The van der Waals surface area contributed by atoms with Crippen molar-refractivity contribution in [2.45, 2.75) is 45.7 Å². The van der Waals surface area contributed by atoms with Gasteiger partial charge in [-0.15, -0.1) is 0 Å². The Hall–Kier alpha value is -3.29. The Bertz CT molecular complexity index is 1130. The van der Waals surface area contributed by atoms with Crippen molar-refractivity contribution in [1.82, 2.24) is 9.88 Å². The quantitative estimate of drug-likeness (QED) is 0.777. The summed E-state index contributed by atoms with van der Waals surface area (Å²) in [6, 6.07) is 8.31. The fraction of sp³-hybridized carbons (Fsp3) is 0.417. The molecule has 1 aliphatic heterocycles. The van der Waals surface area contributed by atoms with Crippen LogP contribution >= 0.6 is 0 Å². The molecule has 4 fully saturated rings. The van der Waals surface area contributed by atoms with Crippen LogP contribution in [0.25, 0.3) is 0 Å². The van der Waals surface area contributed by atoms with Gasteiger partial charge in [-0.1, -0.05) is 29.8 Å². The van der Waals surface area contributed by atoms with E-state index in [-0.39, 0.29) is 36.6 Å². The third-order valence-electron chi connectivity index (χ3n) is 7.29. The van der Waals surface area contributed by atoms with Gasteiger partial charge in [-0.25, -0.2) is 9.37 Å². The largest absolute Gasteiger partial charge is 0.369 e. The summed E-state index contributed by atoms with van der Waals surface area (Å²) >= 11 is 0. The number of rotatable bonds is 5. The number of anilines is 1. The molecular formula is C24H25FN4O3. The van der Waals surface area contributed by atoms with Crippen molar-refractivity contribution in [1.29, 1.82) is 0 Å². The number of piperazine rings is 1. The maximum Gasteiger partial charge on any atom is 0.252 e. The number of hydrogen-bond donors (Lipinski definition) is 1. The molecule has 1 aromatic heterocycles. The van der Waals surface area contributed by atoms with E-state index >= 15 is 0 Å². The van der Waals surface area contributed by atoms with E-state index in [1.807, 2.05) is 31.2 Å². The highest BCUT2D eigenvalue weighted by Crippen LogP contribution is 2.75. The fourth-order valence-corrected chi connectivity index (χ4v) is 5.71.